The Morgan fingerprint density at radius 2 is 1.92 bits per heavy atom. The highest BCUT2D eigenvalue weighted by Gasteiger charge is 2.38. The van der Waals surface area contributed by atoms with Crippen LogP contribution in [0.15, 0.2) is 71.6 Å². The molecule has 128 valence electrons. The van der Waals surface area contributed by atoms with Crippen LogP contribution in [-0.4, -0.2) is 17.3 Å². The van der Waals surface area contributed by atoms with E-state index in [0.29, 0.717) is 5.57 Å². The molecule has 5 heteroatoms. The summed E-state index contributed by atoms with van der Waals surface area (Å²) in [7, 11) is 0. The summed E-state index contributed by atoms with van der Waals surface area (Å²) in [4.78, 5) is 24.7. The number of hydrogen-bond acceptors (Lipinski definition) is 4. The van der Waals surface area contributed by atoms with Gasteiger partial charge in [-0.05, 0) is 36.8 Å². The maximum absolute atomic E-state index is 12.0. The van der Waals surface area contributed by atoms with Gasteiger partial charge >= 0.3 is 0 Å². The van der Waals surface area contributed by atoms with Gasteiger partial charge in [-0.25, -0.2) is 0 Å². The van der Waals surface area contributed by atoms with E-state index in [1.807, 2.05) is 18.2 Å². The number of nitrogens with zero attached hydrogens (tertiary/aromatic N) is 2. The lowest BCUT2D eigenvalue weighted by Gasteiger charge is -2.26. The summed E-state index contributed by atoms with van der Waals surface area (Å²) in [6.07, 6.45) is 7.39. The van der Waals surface area contributed by atoms with Crippen molar-refractivity contribution in [3.05, 3.63) is 87.3 Å². The smallest absolute Gasteiger partial charge is 0.270 e. The minimum atomic E-state index is -0.488. The average molecular weight is 336 g/mol. The van der Waals surface area contributed by atoms with Crippen molar-refractivity contribution in [2.24, 2.45) is 0 Å². The fraction of sp³-hybridized carbons (Fsp3) is 0.250. The predicted molar refractivity (Wildman–Crippen MR) is 97.9 cm³/mol. The number of fused-ring (bicyclic) bond motifs is 1. The fourth-order valence-electron chi connectivity index (χ4n) is 3.43. The number of nitro groups is 1. The van der Waals surface area contributed by atoms with Gasteiger partial charge < -0.3 is 4.90 Å². The number of anilines is 1. The number of carbonyl (C=O) groups is 1. The lowest BCUT2D eigenvalue weighted by molar-refractivity contribution is -0.419. The second kappa shape index (κ2) is 6.16. The van der Waals surface area contributed by atoms with Gasteiger partial charge in [-0.1, -0.05) is 32.0 Å². The van der Waals surface area contributed by atoms with Crippen LogP contribution < -0.4 is 4.90 Å². The third kappa shape index (κ3) is 2.82. The van der Waals surface area contributed by atoms with Gasteiger partial charge in [-0.3, -0.25) is 14.9 Å². The van der Waals surface area contributed by atoms with Crippen molar-refractivity contribution in [2.75, 3.05) is 11.4 Å². The van der Waals surface area contributed by atoms with Crippen LogP contribution in [0.25, 0.3) is 0 Å². The number of ketones is 1. The van der Waals surface area contributed by atoms with Crippen molar-refractivity contribution >= 4 is 11.5 Å². The summed E-state index contributed by atoms with van der Waals surface area (Å²) >= 11 is 0. The first-order valence-corrected chi connectivity index (χ1v) is 8.24. The van der Waals surface area contributed by atoms with Crippen molar-refractivity contribution in [2.45, 2.75) is 26.2 Å². The van der Waals surface area contributed by atoms with Gasteiger partial charge in [-0.2, -0.15) is 0 Å². The summed E-state index contributed by atoms with van der Waals surface area (Å²) in [5.41, 5.74) is 3.51. The molecule has 0 radical (unpaired) electrons. The number of rotatable bonds is 3. The molecule has 0 saturated carbocycles. The molecule has 0 atom stereocenters. The first kappa shape index (κ1) is 16.9. The molecule has 0 bridgehead atoms. The molecule has 0 unspecified atom stereocenters. The Labute approximate surface area is 146 Å². The van der Waals surface area contributed by atoms with Crippen LogP contribution >= 0.6 is 0 Å². The van der Waals surface area contributed by atoms with E-state index in [2.05, 4.69) is 37.8 Å². The lowest BCUT2D eigenvalue weighted by atomic mass is 9.83. The number of allylic oxidation sites excluding steroid dienone is 7. The molecule has 0 spiro atoms. The molecule has 0 N–H and O–H groups in total. The summed E-state index contributed by atoms with van der Waals surface area (Å²) in [6, 6.07) is 8.25. The number of benzene rings is 1. The number of hydrogen-bond donors (Lipinski definition) is 0. The Morgan fingerprint density at radius 1 is 1.20 bits per heavy atom. The van der Waals surface area contributed by atoms with Gasteiger partial charge in [0.25, 0.3) is 5.70 Å². The molecular formula is C20H20N2O3. The molecule has 1 aromatic carbocycles. The van der Waals surface area contributed by atoms with Crippen LogP contribution in [0.5, 0.6) is 0 Å². The Morgan fingerprint density at radius 3 is 2.60 bits per heavy atom. The van der Waals surface area contributed by atoms with E-state index in [0.717, 1.165) is 17.9 Å². The highest BCUT2D eigenvalue weighted by atomic mass is 16.6. The predicted octanol–water partition coefficient (Wildman–Crippen LogP) is 3.91. The Bertz CT molecular complexity index is 873. The third-order valence-electron chi connectivity index (χ3n) is 4.74. The van der Waals surface area contributed by atoms with Gasteiger partial charge in [0.2, 0.25) is 0 Å². The Balaban J connectivity index is 2.05. The minimum absolute atomic E-state index is 0.0782. The van der Waals surface area contributed by atoms with E-state index in [4.69, 9.17) is 0 Å². The maximum Gasteiger partial charge on any atom is 0.270 e. The summed E-state index contributed by atoms with van der Waals surface area (Å²) in [5, 5.41) is 10.9. The molecule has 0 aromatic heterocycles. The molecule has 2 aliphatic rings. The summed E-state index contributed by atoms with van der Waals surface area (Å²) in [5.74, 6) is -0.223. The first-order valence-electron chi connectivity index (χ1n) is 8.24. The molecule has 0 fully saturated rings. The van der Waals surface area contributed by atoms with Crippen LogP contribution in [-0.2, 0) is 10.2 Å². The van der Waals surface area contributed by atoms with E-state index in [-0.39, 0.29) is 16.9 Å². The van der Waals surface area contributed by atoms with Crippen LogP contribution in [0, 0.1) is 10.1 Å². The summed E-state index contributed by atoms with van der Waals surface area (Å²) < 4.78 is 0. The van der Waals surface area contributed by atoms with Crippen LogP contribution in [0.3, 0.4) is 0 Å². The van der Waals surface area contributed by atoms with E-state index in [1.54, 1.807) is 6.08 Å². The monoisotopic (exact) mass is 336 g/mol. The van der Waals surface area contributed by atoms with Crippen molar-refractivity contribution in [3.8, 4) is 0 Å². The van der Waals surface area contributed by atoms with Gasteiger partial charge in [0, 0.05) is 41.1 Å². The van der Waals surface area contributed by atoms with E-state index in [1.165, 1.54) is 23.8 Å². The lowest BCUT2D eigenvalue weighted by Crippen LogP contribution is -2.25. The van der Waals surface area contributed by atoms with Crippen molar-refractivity contribution in [1.29, 1.82) is 0 Å². The second-order valence-corrected chi connectivity index (χ2v) is 6.58. The molecule has 5 nitrogen and oxygen atoms in total. The largest absolute Gasteiger partial charge is 0.344 e. The normalized spacial score (nSPS) is 21.6. The molecule has 0 saturated heterocycles. The van der Waals surface area contributed by atoms with Crippen molar-refractivity contribution in [3.63, 3.8) is 0 Å². The Kier molecular flexibility index (Phi) is 4.17. The molecule has 1 aromatic rings. The van der Waals surface area contributed by atoms with Gasteiger partial charge in [0.15, 0.2) is 5.78 Å². The molecule has 1 aliphatic heterocycles. The standard InChI is InChI=1S/C20H20N2O3/c1-4-21-17-8-6-5-7-16(17)20(2,3)19(21)12-9-14-13-15(22(24)25)10-11-18(14)23/h5-13H,4H2,1-3H3/b14-9+,19-12-. The minimum Gasteiger partial charge on any atom is -0.344 e. The summed E-state index contributed by atoms with van der Waals surface area (Å²) in [6.45, 7) is 7.18. The maximum atomic E-state index is 12.0. The number of para-hydroxylation sites is 1. The van der Waals surface area contributed by atoms with Crippen molar-refractivity contribution in [1.82, 2.24) is 0 Å². The molecular weight excluding hydrogens is 316 g/mol. The Hall–Kier alpha value is -2.95. The third-order valence-corrected chi connectivity index (χ3v) is 4.74. The molecule has 3 rings (SSSR count). The van der Waals surface area contributed by atoms with Crippen LogP contribution in [0.2, 0.25) is 0 Å². The van der Waals surface area contributed by atoms with E-state index in [9.17, 15) is 14.9 Å². The highest BCUT2D eigenvalue weighted by Crippen LogP contribution is 2.47. The molecule has 1 heterocycles. The SMILES string of the molecule is CCN1/C(=C\C=C2/C=C([N+](=O)[O-])C=CC2=O)C(C)(C)c2ccccc21. The molecule has 0 amide bonds. The molecule has 1 aliphatic carbocycles. The van der Waals surface area contributed by atoms with E-state index < -0.39 is 4.92 Å². The van der Waals surface area contributed by atoms with Gasteiger partial charge in [0.05, 0.1) is 4.92 Å². The van der Waals surface area contributed by atoms with Crippen molar-refractivity contribution < 1.29 is 9.72 Å². The number of carbonyl (C=O) groups excluding carboxylic acids is 1. The number of likely N-dealkylation sites (N-methyl/N-ethyl adjacent to an activating group) is 1. The average Bonchev–Trinajstić information content (AvgIpc) is 2.81. The van der Waals surface area contributed by atoms with Crippen LogP contribution in [0.1, 0.15) is 26.3 Å². The zero-order chi connectivity index (χ0) is 18.2. The topological polar surface area (TPSA) is 63.4 Å². The quantitative estimate of drug-likeness (QED) is 0.477. The van der Waals surface area contributed by atoms with Gasteiger partial charge in [-0.15, -0.1) is 0 Å². The van der Waals surface area contributed by atoms with Gasteiger partial charge in [0.1, 0.15) is 0 Å². The first-order chi connectivity index (χ1) is 11.9. The zero-order valence-corrected chi connectivity index (χ0v) is 14.5. The highest BCUT2D eigenvalue weighted by molar-refractivity contribution is 6.07. The molecule has 25 heavy (non-hydrogen) atoms. The second-order valence-electron chi connectivity index (χ2n) is 6.58. The van der Waals surface area contributed by atoms with E-state index >= 15 is 0 Å². The zero-order valence-electron chi connectivity index (χ0n) is 14.5. The fourth-order valence-corrected chi connectivity index (χ4v) is 3.43. The van der Waals surface area contributed by atoms with Crippen LogP contribution in [0.4, 0.5) is 5.69 Å².